The van der Waals surface area contributed by atoms with Crippen LogP contribution in [0.4, 0.5) is 13.2 Å². The highest BCUT2D eigenvalue weighted by molar-refractivity contribution is 7.92. The van der Waals surface area contributed by atoms with Crippen LogP contribution in [0.1, 0.15) is 17.0 Å². The predicted octanol–water partition coefficient (Wildman–Crippen LogP) is 4.55. The van der Waals surface area contributed by atoms with Gasteiger partial charge in [-0.3, -0.25) is 0 Å². The number of halogens is 3. The molecule has 0 aliphatic carbocycles. The van der Waals surface area contributed by atoms with E-state index in [0.717, 1.165) is 11.1 Å². The van der Waals surface area contributed by atoms with Crippen molar-refractivity contribution < 1.29 is 21.9 Å². The number of hydrogen-bond acceptors (Lipinski definition) is 5. The van der Waals surface area contributed by atoms with E-state index >= 15 is 0 Å². The molecule has 0 amide bonds. The molecule has 27 heavy (non-hydrogen) atoms. The number of alkyl halides is 3. The first-order chi connectivity index (χ1) is 12.7. The standard InChI is InChI=1S/C18H16F3N3O2S/c1-27(25,12-14-5-3-2-4-6-14)22-11-13-7-9-15(10-8-13)16-23-17(26-24-16)18(19,20)21/h2-10H,11-12H2,1H3. The average Bonchev–Trinajstić information content (AvgIpc) is 3.12. The van der Waals surface area contributed by atoms with E-state index in [1.54, 1.807) is 30.5 Å². The molecule has 0 N–H and O–H groups in total. The molecule has 3 aromatic rings. The second-order valence-electron chi connectivity index (χ2n) is 5.99. The molecule has 0 aliphatic rings. The van der Waals surface area contributed by atoms with Crippen molar-refractivity contribution in [2.45, 2.75) is 18.5 Å². The summed E-state index contributed by atoms with van der Waals surface area (Å²) in [5.41, 5.74) is 2.11. The first-order valence-electron chi connectivity index (χ1n) is 7.93. The fourth-order valence-corrected chi connectivity index (χ4v) is 3.68. The molecule has 0 radical (unpaired) electrons. The molecule has 5 nitrogen and oxygen atoms in total. The predicted molar refractivity (Wildman–Crippen MR) is 95.1 cm³/mol. The molecule has 0 saturated carbocycles. The smallest absolute Gasteiger partial charge is 0.329 e. The molecule has 0 bridgehead atoms. The Morgan fingerprint density at radius 3 is 2.30 bits per heavy atom. The summed E-state index contributed by atoms with van der Waals surface area (Å²) in [5, 5.41) is 3.34. The van der Waals surface area contributed by atoms with E-state index < -0.39 is 21.8 Å². The first kappa shape index (κ1) is 19.1. The third-order valence-corrected chi connectivity index (χ3v) is 5.22. The topological polar surface area (TPSA) is 68.3 Å². The summed E-state index contributed by atoms with van der Waals surface area (Å²) in [5.74, 6) is -1.17. The minimum atomic E-state index is -4.68. The molecule has 1 atom stereocenters. The van der Waals surface area contributed by atoms with Crippen LogP contribution >= 0.6 is 0 Å². The van der Waals surface area contributed by atoms with Crippen molar-refractivity contribution in [1.82, 2.24) is 10.1 Å². The number of rotatable bonds is 5. The van der Waals surface area contributed by atoms with Crippen LogP contribution in [0.25, 0.3) is 11.4 Å². The van der Waals surface area contributed by atoms with Gasteiger partial charge >= 0.3 is 12.1 Å². The van der Waals surface area contributed by atoms with E-state index in [2.05, 4.69) is 19.0 Å². The van der Waals surface area contributed by atoms with E-state index in [4.69, 9.17) is 0 Å². The first-order valence-corrected chi connectivity index (χ1v) is 10.0. The summed E-state index contributed by atoms with van der Waals surface area (Å²) < 4.78 is 58.7. The van der Waals surface area contributed by atoms with Gasteiger partial charge in [0.05, 0.1) is 12.3 Å². The van der Waals surface area contributed by atoms with Gasteiger partial charge in [-0.15, -0.1) is 0 Å². The SMILES string of the molecule is CS(=O)(Cc1ccccc1)=NCc1ccc(-c2noc(C(F)(F)F)n2)cc1. The highest BCUT2D eigenvalue weighted by atomic mass is 32.2. The maximum atomic E-state index is 12.6. The van der Waals surface area contributed by atoms with E-state index in [1.165, 1.54) is 0 Å². The zero-order chi connectivity index (χ0) is 19.5. The third kappa shape index (κ3) is 5.16. The van der Waals surface area contributed by atoms with E-state index in [9.17, 15) is 17.4 Å². The van der Waals surface area contributed by atoms with Crippen molar-refractivity contribution >= 4 is 9.73 Å². The van der Waals surface area contributed by atoms with Crippen LogP contribution < -0.4 is 0 Å². The molecule has 3 rings (SSSR count). The van der Waals surface area contributed by atoms with Crippen LogP contribution in [-0.2, 0) is 28.2 Å². The maximum absolute atomic E-state index is 12.6. The molecule has 142 valence electrons. The molecule has 1 unspecified atom stereocenters. The van der Waals surface area contributed by atoms with E-state index in [-0.39, 0.29) is 12.4 Å². The molecule has 0 aliphatic heterocycles. The van der Waals surface area contributed by atoms with Gasteiger partial charge in [0, 0.05) is 21.5 Å². The van der Waals surface area contributed by atoms with Gasteiger partial charge in [-0.1, -0.05) is 59.8 Å². The van der Waals surface area contributed by atoms with Crippen LogP contribution in [0.2, 0.25) is 0 Å². The number of nitrogens with zero attached hydrogens (tertiary/aromatic N) is 3. The monoisotopic (exact) mass is 395 g/mol. The second-order valence-corrected chi connectivity index (χ2v) is 8.46. The van der Waals surface area contributed by atoms with E-state index in [0.29, 0.717) is 11.3 Å². The highest BCUT2D eigenvalue weighted by Gasteiger charge is 2.38. The summed E-state index contributed by atoms with van der Waals surface area (Å²) in [6, 6.07) is 16.0. The molecule has 2 aromatic carbocycles. The lowest BCUT2D eigenvalue weighted by Crippen LogP contribution is -2.04. The number of benzene rings is 2. The Bertz CT molecular complexity index is 1020. The van der Waals surface area contributed by atoms with Crippen LogP contribution in [0, 0.1) is 0 Å². The summed E-state index contributed by atoms with van der Waals surface area (Å²) in [4.78, 5) is 3.34. The lowest BCUT2D eigenvalue weighted by molar-refractivity contribution is -0.159. The Labute approximate surface area is 154 Å². The summed E-state index contributed by atoms with van der Waals surface area (Å²) >= 11 is 0. The second kappa shape index (κ2) is 7.51. The summed E-state index contributed by atoms with van der Waals surface area (Å²) in [7, 11) is -2.40. The van der Waals surface area contributed by atoms with Gasteiger partial charge in [0.1, 0.15) is 0 Å². The fourth-order valence-electron chi connectivity index (χ4n) is 2.36. The average molecular weight is 395 g/mol. The van der Waals surface area contributed by atoms with Crippen molar-refractivity contribution in [3.63, 3.8) is 0 Å². The number of aromatic nitrogens is 2. The molecule has 1 heterocycles. The normalized spacial score (nSPS) is 13.9. The van der Waals surface area contributed by atoms with Crippen LogP contribution in [0.15, 0.2) is 63.5 Å². The molecule has 0 spiro atoms. The fraction of sp³-hybridized carbons (Fsp3) is 0.222. The van der Waals surface area contributed by atoms with Gasteiger partial charge in [-0.25, -0.2) is 8.57 Å². The molecule has 0 fully saturated rings. The van der Waals surface area contributed by atoms with E-state index in [1.807, 2.05) is 30.3 Å². The third-order valence-electron chi connectivity index (χ3n) is 3.68. The van der Waals surface area contributed by atoms with Crippen molar-refractivity contribution in [3.8, 4) is 11.4 Å². The lowest BCUT2D eigenvalue weighted by atomic mass is 10.1. The number of hydrogen-bond donors (Lipinski definition) is 0. The minimum Gasteiger partial charge on any atom is -0.329 e. The van der Waals surface area contributed by atoms with Crippen LogP contribution in [-0.4, -0.2) is 20.6 Å². The van der Waals surface area contributed by atoms with Crippen LogP contribution in [0.3, 0.4) is 0 Å². The Morgan fingerprint density at radius 1 is 1.04 bits per heavy atom. The molecule has 1 aromatic heterocycles. The highest BCUT2D eigenvalue weighted by Crippen LogP contribution is 2.29. The summed E-state index contributed by atoms with van der Waals surface area (Å²) in [6.45, 7) is 0.239. The summed E-state index contributed by atoms with van der Waals surface area (Å²) in [6.07, 6.45) is -3.07. The maximum Gasteiger partial charge on any atom is 0.471 e. The van der Waals surface area contributed by atoms with Gasteiger partial charge in [0.25, 0.3) is 0 Å². The molecule has 9 heteroatoms. The van der Waals surface area contributed by atoms with Crippen molar-refractivity contribution in [2.24, 2.45) is 4.36 Å². The van der Waals surface area contributed by atoms with Crippen molar-refractivity contribution in [2.75, 3.05) is 6.26 Å². The van der Waals surface area contributed by atoms with Crippen molar-refractivity contribution in [3.05, 3.63) is 71.6 Å². The van der Waals surface area contributed by atoms with Gasteiger partial charge in [0.15, 0.2) is 0 Å². The molecular formula is C18H16F3N3O2S. The molecular weight excluding hydrogens is 379 g/mol. The Kier molecular flexibility index (Phi) is 5.31. The Hall–Kier alpha value is -2.68. The molecule has 0 saturated heterocycles. The van der Waals surface area contributed by atoms with Crippen molar-refractivity contribution in [1.29, 1.82) is 0 Å². The van der Waals surface area contributed by atoms with Gasteiger partial charge in [-0.05, 0) is 11.1 Å². The largest absolute Gasteiger partial charge is 0.471 e. The quantitative estimate of drug-likeness (QED) is 0.635. The lowest BCUT2D eigenvalue weighted by Gasteiger charge is -2.05. The Balaban J connectivity index is 1.70. The van der Waals surface area contributed by atoms with Gasteiger partial charge in [0.2, 0.25) is 5.82 Å². The zero-order valence-electron chi connectivity index (χ0n) is 14.3. The van der Waals surface area contributed by atoms with Gasteiger partial charge < -0.3 is 4.52 Å². The zero-order valence-corrected chi connectivity index (χ0v) is 15.1. The Morgan fingerprint density at radius 2 is 1.70 bits per heavy atom. The minimum absolute atomic E-state index is 0.144. The van der Waals surface area contributed by atoms with Crippen LogP contribution in [0.5, 0.6) is 0 Å². The van der Waals surface area contributed by atoms with Gasteiger partial charge in [-0.2, -0.15) is 18.2 Å².